The van der Waals surface area contributed by atoms with Gasteiger partial charge in [-0.2, -0.15) is 0 Å². The predicted octanol–water partition coefficient (Wildman–Crippen LogP) is 3.80. The number of methoxy groups -OCH3 is 1. The van der Waals surface area contributed by atoms with E-state index in [1.165, 1.54) is 11.3 Å². The second kappa shape index (κ2) is 7.85. The molecule has 5 rings (SSSR count). The third-order valence-corrected chi connectivity index (χ3v) is 7.92. The van der Waals surface area contributed by atoms with E-state index in [-0.39, 0.29) is 23.2 Å². The fraction of sp³-hybridized carbons (Fsp3) is 0.273. The largest absolute Gasteiger partial charge is 0.497 e. The van der Waals surface area contributed by atoms with E-state index in [0.717, 1.165) is 27.0 Å². The minimum Gasteiger partial charge on any atom is -0.497 e. The SMILES string of the molecule is COc1cccc(NC(=O)Cn2c3c(sc2=O)[C@H]2c4ccccc4OC[C@@H]2CS3)c1. The highest BCUT2D eigenvalue weighted by molar-refractivity contribution is 7.99. The lowest BCUT2D eigenvalue weighted by Gasteiger charge is -2.36. The number of hydrogen-bond acceptors (Lipinski definition) is 6. The van der Waals surface area contributed by atoms with Crippen LogP contribution in [-0.4, -0.2) is 29.9 Å². The van der Waals surface area contributed by atoms with Gasteiger partial charge in [-0.3, -0.25) is 14.2 Å². The van der Waals surface area contributed by atoms with Crippen molar-refractivity contribution >= 4 is 34.7 Å². The molecular formula is C22H20N2O4S2. The van der Waals surface area contributed by atoms with Crippen molar-refractivity contribution < 1.29 is 14.3 Å². The number of hydrogen-bond donors (Lipinski definition) is 1. The summed E-state index contributed by atoms with van der Waals surface area (Å²) in [6.45, 7) is 0.640. The smallest absolute Gasteiger partial charge is 0.308 e. The Morgan fingerprint density at radius 1 is 1.27 bits per heavy atom. The van der Waals surface area contributed by atoms with E-state index in [1.54, 1.807) is 35.6 Å². The summed E-state index contributed by atoms with van der Waals surface area (Å²) in [4.78, 5) is 26.4. The fourth-order valence-electron chi connectivity index (χ4n) is 4.04. The molecule has 0 saturated carbocycles. The van der Waals surface area contributed by atoms with Crippen LogP contribution in [0.2, 0.25) is 0 Å². The number of rotatable bonds is 4. The van der Waals surface area contributed by atoms with E-state index >= 15 is 0 Å². The van der Waals surface area contributed by atoms with Gasteiger partial charge in [0.25, 0.3) is 0 Å². The molecular weight excluding hydrogens is 420 g/mol. The molecule has 0 spiro atoms. The third-order valence-electron chi connectivity index (χ3n) is 5.42. The fourth-order valence-corrected chi connectivity index (χ4v) is 6.73. The summed E-state index contributed by atoms with van der Waals surface area (Å²) in [6, 6.07) is 15.2. The number of anilines is 1. The number of para-hydroxylation sites is 1. The van der Waals surface area contributed by atoms with E-state index in [1.807, 2.05) is 30.3 Å². The van der Waals surface area contributed by atoms with Gasteiger partial charge in [0.05, 0.1) is 18.7 Å². The second-order valence-corrected chi connectivity index (χ2v) is 9.30. The van der Waals surface area contributed by atoms with E-state index < -0.39 is 0 Å². The van der Waals surface area contributed by atoms with Crippen molar-refractivity contribution in [1.29, 1.82) is 0 Å². The molecule has 0 unspecified atom stereocenters. The van der Waals surface area contributed by atoms with Gasteiger partial charge in [-0.15, -0.1) is 11.8 Å². The molecule has 0 radical (unpaired) electrons. The molecule has 1 aromatic heterocycles. The maximum atomic E-state index is 12.8. The molecule has 1 amide bonds. The highest BCUT2D eigenvalue weighted by Crippen LogP contribution is 2.50. The highest BCUT2D eigenvalue weighted by Gasteiger charge is 2.39. The number of ether oxygens (including phenoxy) is 2. The Balaban J connectivity index is 1.43. The molecule has 0 bridgehead atoms. The van der Waals surface area contributed by atoms with Crippen molar-refractivity contribution in [2.24, 2.45) is 5.92 Å². The van der Waals surface area contributed by atoms with Gasteiger partial charge < -0.3 is 14.8 Å². The Bertz CT molecular complexity index is 1170. The summed E-state index contributed by atoms with van der Waals surface area (Å²) in [5.74, 6) is 2.65. The lowest BCUT2D eigenvalue weighted by Crippen LogP contribution is -2.31. The summed E-state index contributed by atoms with van der Waals surface area (Å²) < 4.78 is 12.7. The van der Waals surface area contributed by atoms with Crippen LogP contribution in [0, 0.1) is 5.92 Å². The summed E-state index contributed by atoms with van der Waals surface area (Å²) in [5.41, 5.74) is 1.77. The average molecular weight is 441 g/mol. The molecule has 2 aliphatic heterocycles. The zero-order valence-corrected chi connectivity index (χ0v) is 17.9. The molecule has 2 atom stereocenters. The lowest BCUT2D eigenvalue weighted by molar-refractivity contribution is -0.116. The first-order chi connectivity index (χ1) is 14.6. The number of carbonyl (C=O) groups is 1. The molecule has 1 N–H and O–H groups in total. The molecule has 0 aliphatic carbocycles. The van der Waals surface area contributed by atoms with Gasteiger partial charge >= 0.3 is 4.87 Å². The van der Waals surface area contributed by atoms with Gasteiger partial charge in [0, 0.05) is 39.8 Å². The number of nitrogens with zero attached hydrogens (tertiary/aromatic N) is 1. The van der Waals surface area contributed by atoms with Gasteiger partial charge in [-0.1, -0.05) is 35.6 Å². The van der Waals surface area contributed by atoms with Gasteiger partial charge in [0.15, 0.2) is 0 Å². The first-order valence-electron chi connectivity index (χ1n) is 9.66. The van der Waals surface area contributed by atoms with Crippen molar-refractivity contribution in [1.82, 2.24) is 4.57 Å². The number of nitrogens with one attached hydrogen (secondary N) is 1. The second-order valence-electron chi connectivity index (χ2n) is 7.30. The Labute approximate surface area is 181 Å². The molecule has 6 nitrogen and oxygen atoms in total. The topological polar surface area (TPSA) is 69.6 Å². The summed E-state index contributed by atoms with van der Waals surface area (Å²) in [6.07, 6.45) is 0. The van der Waals surface area contributed by atoms with Crippen LogP contribution in [-0.2, 0) is 11.3 Å². The number of thiazole rings is 1. The number of benzene rings is 2. The first kappa shape index (κ1) is 19.3. The van der Waals surface area contributed by atoms with Crippen LogP contribution in [0.25, 0.3) is 0 Å². The van der Waals surface area contributed by atoms with Crippen LogP contribution in [0.15, 0.2) is 58.4 Å². The quantitative estimate of drug-likeness (QED) is 0.668. The normalized spacial score (nSPS) is 19.1. The van der Waals surface area contributed by atoms with Crippen LogP contribution < -0.4 is 19.7 Å². The van der Waals surface area contributed by atoms with E-state index in [4.69, 9.17) is 9.47 Å². The standard InChI is InChI=1S/C22H20N2O4S2/c1-27-15-6-4-5-14(9-15)23-18(25)10-24-21-20(30-22(24)26)19-13(12-29-21)11-28-17-8-3-2-7-16(17)19/h2-9,13,19H,10-12H2,1H3,(H,23,25)/t13-,19-/m1/s1. The molecule has 2 aromatic carbocycles. The van der Waals surface area contributed by atoms with Gasteiger partial charge in [-0.25, -0.2) is 0 Å². The highest BCUT2D eigenvalue weighted by atomic mass is 32.2. The molecule has 154 valence electrons. The zero-order valence-electron chi connectivity index (χ0n) is 16.3. The van der Waals surface area contributed by atoms with Crippen LogP contribution >= 0.6 is 23.1 Å². The Morgan fingerprint density at radius 3 is 3.00 bits per heavy atom. The van der Waals surface area contributed by atoms with Crippen LogP contribution in [0.1, 0.15) is 16.4 Å². The van der Waals surface area contributed by atoms with E-state index in [0.29, 0.717) is 24.0 Å². The molecule has 3 aromatic rings. The number of fused-ring (bicyclic) bond motifs is 5. The summed E-state index contributed by atoms with van der Waals surface area (Å²) >= 11 is 2.90. The van der Waals surface area contributed by atoms with E-state index in [2.05, 4.69) is 11.4 Å². The minimum absolute atomic E-state index is 0.00951. The lowest BCUT2D eigenvalue weighted by atomic mass is 9.84. The Kier molecular flexibility index (Phi) is 5.04. The maximum Gasteiger partial charge on any atom is 0.308 e. The van der Waals surface area contributed by atoms with Crippen molar-refractivity contribution in [2.45, 2.75) is 17.5 Å². The van der Waals surface area contributed by atoms with Crippen molar-refractivity contribution in [2.75, 3.05) is 24.8 Å². The Hall–Kier alpha value is -2.71. The van der Waals surface area contributed by atoms with Gasteiger partial charge in [0.1, 0.15) is 18.0 Å². The zero-order chi connectivity index (χ0) is 20.7. The third kappa shape index (κ3) is 3.40. The van der Waals surface area contributed by atoms with Crippen molar-refractivity contribution in [3.63, 3.8) is 0 Å². The van der Waals surface area contributed by atoms with Gasteiger partial charge in [-0.05, 0) is 18.2 Å². The minimum atomic E-state index is -0.235. The molecule has 0 saturated heterocycles. The maximum absolute atomic E-state index is 12.8. The Morgan fingerprint density at radius 2 is 2.13 bits per heavy atom. The van der Waals surface area contributed by atoms with Gasteiger partial charge in [0.2, 0.25) is 5.91 Å². The number of amides is 1. The van der Waals surface area contributed by atoms with E-state index in [9.17, 15) is 9.59 Å². The molecule has 30 heavy (non-hydrogen) atoms. The van der Waals surface area contributed by atoms with Crippen molar-refractivity contribution in [3.05, 3.63) is 68.6 Å². The number of thioether (sulfide) groups is 1. The average Bonchev–Trinajstić information content (AvgIpc) is 3.08. The molecule has 3 heterocycles. The predicted molar refractivity (Wildman–Crippen MR) is 118 cm³/mol. The number of carbonyl (C=O) groups excluding carboxylic acids is 1. The number of aromatic nitrogens is 1. The monoisotopic (exact) mass is 440 g/mol. The van der Waals surface area contributed by atoms with Crippen LogP contribution in [0.3, 0.4) is 0 Å². The van der Waals surface area contributed by atoms with Crippen LogP contribution in [0.4, 0.5) is 5.69 Å². The molecule has 8 heteroatoms. The summed E-state index contributed by atoms with van der Waals surface area (Å²) in [5, 5.41) is 3.76. The van der Waals surface area contributed by atoms with Crippen LogP contribution in [0.5, 0.6) is 11.5 Å². The first-order valence-corrected chi connectivity index (χ1v) is 11.5. The summed E-state index contributed by atoms with van der Waals surface area (Å²) in [7, 11) is 1.58. The molecule has 2 aliphatic rings. The van der Waals surface area contributed by atoms with Crippen molar-refractivity contribution in [3.8, 4) is 11.5 Å². The molecule has 0 fully saturated rings.